The van der Waals surface area contributed by atoms with Crippen LogP contribution in [0.3, 0.4) is 0 Å². The van der Waals surface area contributed by atoms with Crippen LogP contribution in [0.25, 0.3) is 0 Å². The van der Waals surface area contributed by atoms with Crippen molar-refractivity contribution in [2.75, 3.05) is 6.54 Å². The Bertz CT molecular complexity index is 916. The number of nitrogens with zero attached hydrogens (tertiary/aromatic N) is 3. The summed E-state index contributed by atoms with van der Waals surface area (Å²) in [5.41, 5.74) is 9.01. The maximum Gasteiger partial charge on any atom is 0.191 e. The van der Waals surface area contributed by atoms with E-state index in [0.29, 0.717) is 25.6 Å². The number of nitrogens with two attached hydrogens (primary N) is 1. The zero-order chi connectivity index (χ0) is 19.1. The number of halogens is 1. The van der Waals surface area contributed by atoms with E-state index in [1.807, 2.05) is 49.5 Å². The van der Waals surface area contributed by atoms with Gasteiger partial charge in [-0.05, 0) is 49.2 Å². The summed E-state index contributed by atoms with van der Waals surface area (Å²) in [5.74, 6) is 0.706. The predicted octanol–water partition coefficient (Wildman–Crippen LogP) is 4.20. The minimum atomic E-state index is 0.514. The average molecular weight is 403 g/mol. The van der Waals surface area contributed by atoms with Crippen molar-refractivity contribution in [3.05, 3.63) is 74.6 Å². The van der Waals surface area contributed by atoms with E-state index >= 15 is 0 Å². The van der Waals surface area contributed by atoms with Crippen LogP contribution in [0.2, 0.25) is 5.02 Å². The van der Waals surface area contributed by atoms with Crippen molar-refractivity contribution >= 4 is 28.8 Å². The van der Waals surface area contributed by atoms with Crippen LogP contribution in [0.5, 0.6) is 0 Å². The van der Waals surface area contributed by atoms with E-state index in [0.717, 1.165) is 39.6 Å². The van der Waals surface area contributed by atoms with E-state index in [2.05, 4.69) is 14.9 Å². The molecule has 2 N–H and O–H groups in total. The zero-order valence-corrected chi connectivity index (χ0v) is 16.8. The van der Waals surface area contributed by atoms with Gasteiger partial charge in [0, 0.05) is 23.1 Å². The van der Waals surface area contributed by atoms with Crippen LogP contribution in [0.1, 0.15) is 23.2 Å². The second-order valence-corrected chi connectivity index (χ2v) is 7.50. The van der Waals surface area contributed by atoms with E-state index < -0.39 is 0 Å². The molecule has 0 radical (unpaired) electrons. The molecule has 0 aliphatic carbocycles. The summed E-state index contributed by atoms with van der Waals surface area (Å²) in [7, 11) is 0. The van der Waals surface area contributed by atoms with Crippen LogP contribution in [0.4, 0.5) is 5.82 Å². The first-order valence-corrected chi connectivity index (χ1v) is 10.1. The van der Waals surface area contributed by atoms with Crippen molar-refractivity contribution in [3.8, 4) is 0 Å². The molecule has 2 heterocycles. The van der Waals surface area contributed by atoms with E-state index in [1.165, 1.54) is 0 Å². The number of hydrogen-bond acceptors (Lipinski definition) is 5. The van der Waals surface area contributed by atoms with Crippen molar-refractivity contribution in [2.24, 2.45) is 10.7 Å². The first-order valence-electron chi connectivity index (χ1n) is 8.82. The highest BCUT2D eigenvalue weighted by Gasteiger charge is 2.07. The van der Waals surface area contributed by atoms with Gasteiger partial charge in [-0.3, -0.25) is 0 Å². The van der Waals surface area contributed by atoms with Gasteiger partial charge in [0.2, 0.25) is 0 Å². The normalized spacial score (nSPS) is 11.9. The summed E-state index contributed by atoms with van der Waals surface area (Å²) in [6.07, 6.45) is 2.71. The summed E-state index contributed by atoms with van der Waals surface area (Å²) in [4.78, 5) is 9.97. The average Bonchev–Trinajstić information content (AvgIpc) is 3.05. The molecule has 2 aromatic heterocycles. The van der Waals surface area contributed by atoms with Gasteiger partial charge in [0.05, 0.1) is 18.9 Å². The first-order chi connectivity index (χ1) is 13.2. The van der Waals surface area contributed by atoms with Crippen LogP contribution in [-0.4, -0.2) is 16.1 Å². The molecule has 7 heteroatoms. The van der Waals surface area contributed by atoms with Gasteiger partial charge in [0.15, 0.2) is 10.6 Å². The van der Waals surface area contributed by atoms with Crippen LogP contribution in [0.15, 0.2) is 53.0 Å². The Labute approximate surface area is 168 Å². The van der Waals surface area contributed by atoms with Gasteiger partial charge in [-0.1, -0.05) is 29.8 Å². The summed E-state index contributed by atoms with van der Waals surface area (Å²) in [6, 6.07) is 11.6. The maximum atomic E-state index is 5.92. The van der Waals surface area contributed by atoms with Crippen LogP contribution in [-0.2, 0) is 24.5 Å². The number of aryl methyl sites for hydroxylation is 1. The third-order valence-electron chi connectivity index (χ3n) is 4.00. The lowest BCUT2D eigenvalue weighted by Crippen LogP contribution is -2.20. The summed E-state index contributed by atoms with van der Waals surface area (Å²) < 4.78 is 8.07. The molecule has 0 atom stereocenters. The van der Waals surface area contributed by atoms with Gasteiger partial charge in [0.25, 0.3) is 0 Å². The zero-order valence-electron chi connectivity index (χ0n) is 15.3. The van der Waals surface area contributed by atoms with Crippen molar-refractivity contribution in [2.45, 2.75) is 33.1 Å². The van der Waals surface area contributed by atoms with Gasteiger partial charge < -0.3 is 15.0 Å². The highest BCUT2D eigenvalue weighted by Crippen LogP contribution is 2.13. The molecule has 0 aliphatic heterocycles. The lowest BCUT2D eigenvalue weighted by Gasteiger charge is -2.09. The lowest BCUT2D eigenvalue weighted by atomic mass is 10.2. The molecule has 1 aromatic carbocycles. The number of pyridine rings is 1. The number of rotatable bonds is 8. The largest absolute Gasteiger partial charge is 0.371 e. The first kappa shape index (κ1) is 19.8. The topological polar surface area (TPSA) is 65.4 Å². The summed E-state index contributed by atoms with van der Waals surface area (Å²) in [5, 5.41) is 2.82. The van der Waals surface area contributed by atoms with Crippen LogP contribution >= 0.6 is 22.9 Å². The summed E-state index contributed by atoms with van der Waals surface area (Å²) >= 11 is 7.51. The molecule has 3 rings (SSSR count). The van der Waals surface area contributed by atoms with Gasteiger partial charge in [0.1, 0.15) is 0 Å². The molecule has 0 fully saturated rings. The van der Waals surface area contributed by atoms with Gasteiger partial charge in [-0.2, -0.15) is 0 Å². The second kappa shape index (κ2) is 9.80. The molecule has 0 bridgehead atoms. The Morgan fingerprint density at radius 1 is 1.19 bits per heavy atom. The number of benzene rings is 1. The standard InChI is InChI=1S/C20H23ClN4OS/c1-15-3-8-19(23-11-15)24-20-25(10-2-9-22)18(14-27-20)13-26-12-16-4-6-17(21)7-5-16/h3-8,11,14H,2,9-10,12-13,22H2,1H3. The Morgan fingerprint density at radius 3 is 2.70 bits per heavy atom. The van der Waals surface area contributed by atoms with E-state index in [4.69, 9.17) is 27.1 Å². The molecule has 0 aliphatic rings. The number of ether oxygens (including phenoxy) is 1. The molecule has 27 heavy (non-hydrogen) atoms. The van der Waals surface area contributed by atoms with Gasteiger partial charge in [-0.25, -0.2) is 9.98 Å². The van der Waals surface area contributed by atoms with Crippen molar-refractivity contribution < 1.29 is 4.74 Å². The third kappa shape index (κ3) is 5.74. The number of thiazole rings is 1. The number of hydrogen-bond donors (Lipinski definition) is 1. The molecular weight excluding hydrogens is 380 g/mol. The minimum Gasteiger partial charge on any atom is -0.371 e. The molecular formula is C20H23ClN4OS. The fourth-order valence-corrected chi connectivity index (χ4v) is 3.58. The van der Waals surface area contributed by atoms with Crippen molar-refractivity contribution in [3.63, 3.8) is 0 Å². The fraction of sp³-hybridized carbons (Fsp3) is 0.300. The van der Waals surface area contributed by atoms with E-state index in [-0.39, 0.29) is 0 Å². The molecule has 142 valence electrons. The van der Waals surface area contributed by atoms with Crippen molar-refractivity contribution in [1.29, 1.82) is 0 Å². The SMILES string of the molecule is Cc1ccc(N=c2scc(COCc3ccc(Cl)cc3)n2CCCN)nc1. The Balaban J connectivity index is 1.75. The fourth-order valence-electron chi connectivity index (χ4n) is 2.54. The molecule has 0 saturated heterocycles. The monoisotopic (exact) mass is 402 g/mol. The Hall–Kier alpha value is -1.99. The molecule has 0 unspecified atom stereocenters. The van der Waals surface area contributed by atoms with E-state index in [9.17, 15) is 0 Å². The molecule has 5 nitrogen and oxygen atoms in total. The Morgan fingerprint density at radius 2 is 2.00 bits per heavy atom. The maximum absolute atomic E-state index is 5.92. The molecule has 0 spiro atoms. The van der Waals surface area contributed by atoms with Crippen LogP contribution in [0, 0.1) is 6.92 Å². The van der Waals surface area contributed by atoms with E-state index in [1.54, 1.807) is 11.3 Å². The smallest absolute Gasteiger partial charge is 0.191 e. The summed E-state index contributed by atoms with van der Waals surface area (Å²) in [6.45, 7) is 4.51. The quantitative estimate of drug-likeness (QED) is 0.613. The Kier molecular flexibility index (Phi) is 7.18. The molecule has 0 saturated carbocycles. The van der Waals surface area contributed by atoms with Crippen LogP contribution < -0.4 is 10.5 Å². The van der Waals surface area contributed by atoms with Crippen molar-refractivity contribution in [1.82, 2.24) is 9.55 Å². The molecule has 3 aromatic rings. The highest BCUT2D eigenvalue weighted by atomic mass is 35.5. The molecule has 0 amide bonds. The van der Waals surface area contributed by atoms with Gasteiger partial charge >= 0.3 is 0 Å². The minimum absolute atomic E-state index is 0.514. The lowest BCUT2D eigenvalue weighted by molar-refractivity contribution is 0.102. The highest BCUT2D eigenvalue weighted by molar-refractivity contribution is 7.07. The number of aromatic nitrogens is 2. The van der Waals surface area contributed by atoms with Gasteiger partial charge in [-0.15, -0.1) is 11.3 Å². The third-order valence-corrected chi connectivity index (χ3v) is 5.17. The second-order valence-electron chi connectivity index (χ2n) is 6.23. The predicted molar refractivity (Wildman–Crippen MR) is 110 cm³/mol.